The van der Waals surface area contributed by atoms with Gasteiger partial charge in [0.1, 0.15) is 0 Å². The van der Waals surface area contributed by atoms with Crippen molar-refractivity contribution in [3.63, 3.8) is 0 Å². The average molecular weight is 426 g/mol. The normalized spacial score (nSPS) is 12.1. The molecular formula is C26H51NO3. The van der Waals surface area contributed by atoms with Gasteiger partial charge in [-0.3, -0.25) is 4.79 Å². The maximum absolute atomic E-state index is 11.8. The summed E-state index contributed by atoms with van der Waals surface area (Å²) in [6, 6.07) is 0. The maximum atomic E-state index is 11.8. The number of allylic oxidation sites excluding steroid dienone is 2. The summed E-state index contributed by atoms with van der Waals surface area (Å²) in [5, 5.41) is 18.5. The Kier molecular flexibility index (Phi) is 20.7. The predicted molar refractivity (Wildman–Crippen MR) is 128 cm³/mol. The van der Waals surface area contributed by atoms with Crippen LogP contribution in [0.3, 0.4) is 0 Å². The van der Waals surface area contributed by atoms with E-state index < -0.39 is 5.41 Å². The van der Waals surface area contributed by atoms with Gasteiger partial charge in [0.2, 0.25) is 5.91 Å². The molecule has 0 rings (SSSR count). The highest BCUT2D eigenvalue weighted by Crippen LogP contribution is 2.32. The molecule has 4 heteroatoms. The molecule has 0 heterocycles. The highest BCUT2D eigenvalue weighted by molar-refractivity contribution is 5.80. The lowest BCUT2D eigenvalue weighted by Gasteiger charge is -2.29. The van der Waals surface area contributed by atoms with E-state index in [4.69, 9.17) is 5.73 Å². The molecule has 0 atom stereocenters. The molecule has 0 saturated heterocycles. The van der Waals surface area contributed by atoms with Gasteiger partial charge in [-0.05, 0) is 44.9 Å². The summed E-state index contributed by atoms with van der Waals surface area (Å²) in [6.45, 7) is 2.15. The van der Waals surface area contributed by atoms with Gasteiger partial charge in [-0.2, -0.15) is 0 Å². The number of hydrogen-bond donors (Lipinski definition) is 3. The van der Waals surface area contributed by atoms with Gasteiger partial charge in [0.25, 0.3) is 0 Å². The molecule has 0 aliphatic carbocycles. The Labute approximate surface area is 186 Å². The summed E-state index contributed by atoms with van der Waals surface area (Å²) in [6.07, 6.45) is 26.5. The van der Waals surface area contributed by atoms with Gasteiger partial charge in [0, 0.05) is 13.2 Å². The fraction of sp³-hybridized carbons (Fsp3) is 0.885. The van der Waals surface area contributed by atoms with Crippen LogP contribution in [0.2, 0.25) is 0 Å². The van der Waals surface area contributed by atoms with Crippen molar-refractivity contribution in [2.75, 3.05) is 13.2 Å². The van der Waals surface area contributed by atoms with Crippen molar-refractivity contribution in [1.29, 1.82) is 0 Å². The highest BCUT2D eigenvalue weighted by Gasteiger charge is 2.34. The monoisotopic (exact) mass is 425 g/mol. The zero-order valence-electron chi connectivity index (χ0n) is 19.9. The zero-order chi connectivity index (χ0) is 22.3. The summed E-state index contributed by atoms with van der Waals surface area (Å²) in [4.78, 5) is 11.8. The fourth-order valence-electron chi connectivity index (χ4n) is 4.24. The number of nitrogens with two attached hydrogens (primary N) is 1. The van der Waals surface area contributed by atoms with E-state index in [-0.39, 0.29) is 19.1 Å². The van der Waals surface area contributed by atoms with Crippen molar-refractivity contribution in [2.45, 2.75) is 129 Å². The first-order valence-corrected chi connectivity index (χ1v) is 12.8. The fourth-order valence-corrected chi connectivity index (χ4v) is 4.24. The molecule has 1 amide bonds. The third-order valence-electron chi connectivity index (χ3n) is 6.37. The van der Waals surface area contributed by atoms with E-state index in [0.717, 1.165) is 12.8 Å². The van der Waals surface area contributed by atoms with Crippen LogP contribution in [0.5, 0.6) is 0 Å². The van der Waals surface area contributed by atoms with Gasteiger partial charge in [-0.1, -0.05) is 96.1 Å². The van der Waals surface area contributed by atoms with Crippen LogP contribution in [0.25, 0.3) is 0 Å². The van der Waals surface area contributed by atoms with Gasteiger partial charge in [-0.15, -0.1) is 0 Å². The summed E-state index contributed by atoms with van der Waals surface area (Å²) in [7, 11) is 0. The number of carbonyl (C=O) groups excluding carboxylic acids is 1. The Morgan fingerprint density at radius 1 is 0.667 bits per heavy atom. The summed E-state index contributed by atoms with van der Waals surface area (Å²) in [5.74, 6) is -0.383. The van der Waals surface area contributed by atoms with Crippen LogP contribution in [-0.4, -0.2) is 29.3 Å². The minimum absolute atomic E-state index is 0.0584. The molecule has 4 N–H and O–H groups in total. The Morgan fingerprint density at radius 3 is 1.47 bits per heavy atom. The van der Waals surface area contributed by atoms with Crippen LogP contribution < -0.4 is 5.73 Å². The topological polar surface area (TPSA) is 83.6 Å². The molecule has 0 aliphatic rings. The SMILES string of the molecule is CCCCCCCC/C=C\CCCCCCCCCCC(CCO)(CCO)C(N)=O. The minimum Gasteiger partial charge on any atom is -0.396 e. The van der Waals surface area contributed by atoms with Gasteiger partial charge < -0.3 is 15.9 Å². The largest absolute Gasteiger partial charge is 0.396 e. The number of amides is 1. The number of aliphatic hydroxyl groups is 2. The molecule has 0 unspecified atom stereocenters. The first kappa shape index (κ1) is 29.1. The van der Waals surface area contributed by atoms with E-state index in [1.807, 2.05) is 0 Å². The van der Waals surface area contributed by atoms with Crippen molar-refractivity contribution in [1.82, 2.24) is 0 Å². The smallest absolute Gasteiger partial charge is 0.223 e. The number of aliphatic hydroxyl groups excluding tert-OH is 2. The van der Waals surface area contributed by atoms with E-state index in [1.54, 1.807) is 0 Å². The average Bonchev–Trinajstić information content (AvgIpc) is 2.73. The van der Waals surface area contributed by atoms with Crippen LogP contribution in [0.4, 0.5) is 0 Å². The molecule has 178 valence electrons. The van der Waals surface area contributed by atoms with Crippen molar-refractivity contribution >= 4 is 5.91 Å². The first-order chi connectivity index (χ1) is 14.6. The number of hydrogen-bond acceptors (Lipinski definition) is 3. The van der Waals surface area contributed by atoms with Crippen LogP contribution in [0, 0.1) is 5.41 Å². The first-order valence-electron chi connectivity index (χ1n) is 12.8. The van der Waals surface area contributed by atoms with Crippen LogP contribution in [-0.2, 0) is 4.79 Å². The lowest BCUT2D eigenvalue weighted by Crippen LogP contribution is -2.39. The van der Waals surface area contributed by atoms with E-state index in [1.165, 1.54) is 89.9 Å². The molecule has 30 heavy (non-hydrogen) atoms. The molecule has 0 bridgehead atoms. The summed E-state index contributed by atoms with van der Waals surface area (Å²) < 4.78 is 0. The Hall–Kier alpha value is -0.870. The Balaban J connectivity index is 3.53. The lowest BCUT2D eigenvalue weighted by molar-refractivity contribution is -0.130. The molecule has 0 aromatic heterocycles. The van der Waals surface area contributed by atoms with Crippen molar-refractivity contribution in [3.05, 3.63) is 12.2 Å². The van der Waals surface area contributed by atoms with E-state index >= 15 is 0 Å². The molecule has 4 nitrogen and oxygen atoms in total. The third kappa shape index (κ3) is 15.9. The van der Waals surface area contributed by atoms with Crippen molar-refractivity contribution in [2.24, 2.45) is 11.1 Å². The second-order valence-electron chi connectivity index (χ2n) is 8.99. The minimum atomic E-state index is -0.730. The standard InChI is InChI=1S/C26H51NO3/c1-2-3-4-5-6-7-8-9-10-11-12-13-14-15-16-17-18-19-20-26(21-23-28,22-24-29)25(27)30/h9-10,28-29H,2-8,11-24H2,1H3,(H2,27,30)/b10-9-. The molecule has 0 spiro atoms. The maximum Gasteiger partial charge on any atom is 0.223 e. The van der Waals surface area contributed by atoms with Gasteiger partial charge >= 0.3 is 0 Å². The summed E-state index contributed by atoms with van der Waals surface area (Å²) >= 11 is 0. The quantitative estimate of drug-likeness (QED) is 0.130. The van der Waals surface area contributed by atoms with Crippen molar-refractivity contribution < 1.29 is 15.0 Å². The van der Waals surface area contributed by atoms with E-state index in [9.17, 15) is 15.0 Å². The highest BCUT2D eigenvalue weighted by atomic mass is 16.3. The number of unbranched alkanes of at least 4 members (excludes halogenated alkanes) is 14. The molecule has 0 fully saturated rings. The van der Waals surface area contributed by atoms with Crippen LogP contribution in [0.15, 0.2) is 12.2 Å². The van der Waals surface area contributed by atoms with Gasteiger partial charge in [-0.25, -0.2) is 0 Å². The Bertz CT molecular complexity index is 403. The van der Waals surface area contributed by atoms with Gasteiger partial charge in [0.05, 0.1) is 5.41 Å². The Morgan fingerprint density at radius 2 is 1.07 bits per heavy atom. The predicted octanol–water partition coefficient (Wildman–Crippen LogP) is 6.43. The van der Waals surface area contributed by atoms with Crippen LogP contribution >= 0.6 is 0 Å². The molecule has 0 aromatic carbocycles. The molecular weight excluding hydrogens is 374 g/mol. The van der Waals surface area contributed by atoms with Crippen LogP contribution in [0.1, 0.15) is 129 Å². The number of carbonyl (C=O) groups is 1. The lowest BCUT2D eigenvalue weighted by atomic mass is 9.76. The van der Waals surface area contributed by atoms with E-state index in [2.05, 4.69) is 19.1 Å². The van der Waals surface area contributed by atoms with E-state index in [0.29, 0.717) is 19.3 Å². The molecule has 0 aromatic rings. The second kappa shape index (κ2) is 21.4. The molecule has 0 radical (unpaired) electrons. The second-order valence-corrected chi connectivity index (χ2v) is 8.99. The molecule has 0 aliphatic heterocycles. The third-order valence-corrected chi connectivity index (χ3v) is 6.37. The van der Waals surface area contributed by atoms with Gasteiger partial charge in [0.15, 0.2) is 0 Å². The number of primary amides is 1. The summed E-state index contributed by atoms with van der Waals surface area (Å²) in [5.41, 5.74) is 4.82. The van der Waals surface area contributed by atoms with Crippen molar-refractivity contribution in [3.8, 4) is 0 Å². The number of rotatable bonds is 23. The zero-order valence-corrected chi connectivity index (χ0v) is 19.9. The molecule has 0 saturated carbocycles.